The number of hydrogen-bond donors (Lipinski definition) is 0. The smallest absolute Gasteiger partial charge is 0.247 e. The number of carbonyl (C=O) groups is 1. The molecule has 0 radical (unpaired) electrons. The van der Waals surface area contributed by atoms with E-state index >= 15 is 0 Å². The van der Waals surface area contributed by atoms with Gasteiger partial charge in [0.25, 0.3) is 0 Å². The lowest BCUT2D eigenvalue weighted by molar-refractivity contribution is -0.168. The van der Waals surface area contributed by atoms with Crippen molar-refractivity contribution in [3.05, 3.63) is 0 Å². The summed E-state index contributed by atoms with van der Waals surface area (Å²) < 4.78 is 0. The standard InChI is InChI=1S/C9H16N2O2S/c1-11(13-2)9(12)6-7-4-5-8(10-7)14-3/h7H,4-6H2,1-3H3/t7-/m0/s1. The summed E-state index contributed by atoms with van der Waals surface area (Å²) in [7, 11) is 3.11. The Morgan fingerprint density at radius 2 is 2.50 bits per heavy atom. The van der Waals surface area contributed by atoms with Crippen LogP contribution in [0.1, 0.15) is 19.3 Å². The van der Waals surface area contributed by atoms with Gasteiger partial charge in [-0.25, -0.2) is 5.06 Å². The first kappa shape index (κ1) is 11.5. The van der Waals surface area contributed by atoms with Crippen LogP contribution in [-0.2, 0) is 9.63 Å². The van der Waals surface area contributed by atoms with E-state index in [-0.39, 0.29) is 11.9 Å². The average Bonchev–Trinajstić information content (AvgIpc) is 2.64. The van der Waals surface area contributed by atoms with Crippen LogP contribution in [0.15, 0.2) is 4.99 Å². The van der Waals surface area contributed by atoms with Gasteiger partial charge in [-0.15, -0.1) is 11.8 Å². The predicted molar refractivity (Wildman–Crippen MR) is 58.4 cm³/mol. The Kier molecular flexibility index (Phi) is 4.41. The maximum atomic E-state index is 11.4. The van der Waals surface area contributed by atoms with Crippen molar-refractivity contribution in [1.29, 1.82) is 0 Å². The highest BCUT2D eigenvalue weighted by atomic mass is 32.2. The quantitative estimate of drug-likeness (QED) is 0.668. The van der Waals surface area contributed by atoms with Crippen LogP contribution in [0.3, 0.4) is 0 Å². The summed E-state index contributed by atoms with van der Waals surface area (Å²) in [6, 6.07) is 0.155. The van der Waals surface area contributed by atoms with Crippen molar-refractivity contribution in [3.63, 3.8) is 0 Å². The molecule has 0 aliphatic carbocycles. The number of amides is 1. The second-order valence-electron chi connectivity index (χ2n) is 3.20. The molecule has 0 N–H and O–H groups in total. The zero-order chi connectivity index (χ0) is 10.6. The van der Waals surface area contributed by atoms with Gasteiger partial charge in [-0.3, -0.25) is 14.6 Å². The maximum absolute atomic E-state index is 11.4. The third-order valence-corrected chi connectivity index (χ3v) is 3.07. The lowest BCUT2D eigenvalue weighted by atomic mass is 10.1. The molecule has 0 spiro atoms. The molecule has 1 aliphatic heterocycles. The highest BCUT2D eigenvalue weighted by Crippen LogP contribution is 2.21. The Morgan fingerprint density at radius 3 is 3.00 bits per heavy atom. The zero-order valence-electron chi connectivity index (χ0n) is 8.82. The van der Waals surface area contributed by atoms with E-state index in [1.165, 1.54) is 12.2 Å². The lowest BCUT2D eigenvalue weighted by Gasteiger charge is -2.14. The van der Waals surface area contributed by atoms with Gasteiger partial charge in [0.05, 0.1) is 24.6 Å². The fourth-order valence-corrected chi connectivity index (χ4v) is 1.93. The molecular formula is C9H16N2O2S. The summed E-state index contributed by atoms with van der Waals surface area (Å²) in [6.45, 7) is 0. The molecule has 1 heterocycles. The summed E-state index contributed by atoms with van der Waals surface area (Å²) in [5, 5.41) is 2.41. The van der Waals surface area contributed by atoms with Gasteiger partial charge in [0, 0.05) is 7.05 Å². The van der Waals surface area contributed by atoms with Crippen LogP contribution in [0, 0.1) is 0 Å². The molecule has 0 aromatic rings. The molecule has 14 heavy (non-hydrogen) atoms. The van der Waals surface area contributed by atoms with E-state index in [1.54, 1.807) is 18.8 Å². The molecule has 5 heteroatoms. The Balaban J connectivity index is 2.39. The molecule has 80 valence electrons. The molecule has 0 unspecified atom stereocenters. The van der Waals surface area contributed by atoms with Gasteiger partial charge < -0.3 is 0 Å². The first-order valence-electron chi connectivity index (χ1n) is 4.58. The molecule has 0 fully saturated rings. The minimum Gasteiger partial charge on any atom is -0.279 e. The van der Waals surface area contributed by atoms with Gasteiger partial charge in [0.15, 0.2) is 0 Å². The Morgan fingerprint density at radius 1 is 1.79 bits per heavy atom. The number of aliphatic imine (C=N–C) groups is 1. The van der Waals surface area contributed by atoms with Crippen LogP contribution in [0.2, 0.25) is 0 Å². The summed E-state index contributed by atoms with van der Waals surface area (Å²) in [4.78, 5) is 20.7. The van der Waals surface area contributed by atoms with Crippen molar-refractivity contribution in [3.8, 4) is 0 Å². The van der Waals surface area contributed by atoms with E-state index < -0.39 is 0 Å². The first-order chi connectivity index (χ1) is 6.67. The Labute approximate surface area is 88.7 Å². The van der Waals surface area contributed by atoms with Crippen LogP contribution >= 0.6 is 11.8 Å². The second kappa shape index (κ2) is 5.36. The van der Waals surface area contributed by atoms with Crippen molar-refractivity contribution in [2.45, 2.75) is 25.3 Å². The fourth-order valence-electron chi connectivity index (χ4n) is 1.36. The van der Waals surface area contributed by atoms with Crippen LogP contribution < -0.4 is 0 Å². The van der Waals surface area contributed by atoms with Gasteiger partial charge >= 0.3 is 0 Å². The fraction of sp³-hybridized carbons (Fsp3) is 0.778. The molecule has 1 aliphatic rings. The molecule has 1 rings (SSSR count). The monoisotopic (exact) mass is 216 g/mol. The maximum Gasteiger partial charge on any atom is 0.247 e. The van der Waals surface area contributed by atoms with Crippen molar-refractivity contribution >= 4 is 22.7 Å². The van der Waals surface area contributed by atoms with Gasteiger partial charge in [-0.1, -0.05) is 0 Å². The summed E-state index contributed by atoms with van der Waals surface area (Å²) >= 11 is 1.67. The molecule has 0 bridgehead atoms. The molecule has 1 atom stereocenters. The molecule has 4 nitrogen and oxygen atoms in total. The van der Waals surface area contributed by atoms with Gasteiger partial charge in [-0.2, -0.15) is 0 Å². The molecule has 1 amide bonds. The van der Waals surface area contributed by atoms with Gasteiger partial charge in [-0.05, 0) is 19.1 Å². The zero-order valence-corrected chi connectivity index (χ0v) is 9.63. The Bertz CT molecular complexity index is 243. The van der Waals surface area contributed by atoms with Gasteiger partial charge in [0.2, 0.25) is 5.91 Å². The predicted octanol–water partition coefficient (Wildman–Crippen LogP) is 1.32. The first-order valence-corrected chi connectivity index (χ1v) is 5.81. The lowest BCUT2D eigenvalue weighted by Crippen LogP contribution is -2.27. The highest BCUT2D eigenvalue weighted by molar-refractivity contribution is 8.13. The second-order valence-corrected chi connectivity index (χ2v) is 4.08. The number of hydrogen-bond acceptors (Lipinski definition) is 4. The minimum atomic E-state index is -0.0106. The van der Waals surface area contributed by atoms with Crippen molar-refractivity contribution in [2.24, 2.45) is 4.99 Å². The summed E-state index contributed by atoms with van der Waals surface area (Å²) in [6.07, 6.45) is 4.47. The SMILES string of the molecule is CON(C)C(=O)C[C@@H]1CCC(SC)=N1. The topological polar surface area (TPSA) is 41.9 Å². The van der Waals surface area contributed by atoms with E-state index in [1.807, 2.05) is 6.26 Å². The van der Waals surface area contributed by atoms with Gasteiger partial charge in [0.1, 0.15) is 0 Å². The highest BCUT2D eigenvalue weighted by Gasteiger charge is 2.21. The van der Waals surface area contributed by atoms with Crippen LogP contribution in [-0.4, -0.2) is 42.5 Å². The van der Waals surface area contributed by atoms with Crippen molar-refractivity contribution in [1.82, 2.24) is 5.06 Å². The van der Waals surface area contributed by atoms with Crippen molar-refractivity contribution < 1.29 is 9.63 Å². The number of nitrogens with zero attached hydrogens (tertiary/aromatic N) is 2. The van der Waals surface area contributed by atoms with Crippen LogP contribution in [0.5, 0.6) is 0 Å². The summed E-state index contributed by atoms with van der Waals surface area (Å²) in [5.41, 5.74) is 0. The molecule has 0 aromatic heterocycles. The molecular weight excluding hydrogens is 200 g/mol. The van der Waals surface area contributed by atoms with E-state index in [9.17, 15) is 4.79 Å². The van der Waals surface area contributed by atoms with Crippen molar-refractivity contribution in [2.75, 3.05) is 20.4 Å². The van der Waals surface area contributed by atoms with E-state index in [4.69, 9.17) is 4.84 Å². The van der Waals surface area contributed by atoms with Crippen LogP contribution in [0.25, 0.3) is 0 Å². The number of hydroxylamine groups is 2. The third kappa shape index (κ3) is 2.99. The van der Waals surface area contributed by atoms with E-state index in [0.717, 1.165) is 17.9 Å². The molecule has 0 saturated carbocycles. The number of rotatable bonds is 3. The summed E-state index contributed by atoms with van der Waals surface area (Å²) in [5.74, 6) is -0.0106. The number of carbonyl (C=O) groups excluding carboxylic acids is 1. The van der Waals surface area contributed by atoms with Crippen LogP contribution in [0.4, 0.5) is 0 Å². The number of thioether (sulfide) groups is 1. The van der Waals surface area contributed by atoms with E-state index in [0.29, 0.717) is 6.42 Å². The molecule has 0 aromatic carbocycles. The molecule has 0 saturated heterocycles. The average molecular weight is 216 g/mol. The Hall–Kier alpha value is -0.550. The van der Waals surface area contributed by atoms with E-state index in [2.05, 4.69) is 4.99 Å². The normalized spacial score (nSPS) is 20.8. The third-order valence-electron chi connectivity index (χ3n) is 2.29. The largest absolute Gasteiger partial charge is 0.279 e. The minimum absolute atomic E-state index is 0.0106.